The maximum atomic E-state index is 11.5. The van der Waals surface area contributed by atoms with Crippen LogP contribution in [0.25, 0.3) is 0 Å². The summed E-state index contributed by atoms with van der Waals surface area (Å²) in [7, 11) is 0. The number of amides is 1. The van der Waals surface area contributed by atoms with Gasteiger partial charge in [0.1, 0.15) is 5.75 Å². The highest BCUT2D eigenvalue weighted by atomic mass is 16.3. The first-order valence-corrected chi connectivity index (χ1v) is 6.36. The smallest absolute Gasteiger partial charge is 0.221 e. The average molecular weight is 250 g/mol. The summed E-state index contributed by atoms with van der Waals surface area (Å²) in [6.45, 7) is 5.46. The van der Waals surface area contributed by atoms with E-state index in [0.717, 1.165) is 12.0 Å². The molecule has 100 valence electrons. The molecule has 4 nitrogen and oxygen atoms in total. The molecular weight excluding hydrogens is 228 g/mol. The van der Waals surface area contributed by atoms with Gasteiger partial charge in [-0.25, -0.2) is 0 Å². The molecular formula is C14H22N2O2. The van der Waals surface area contributed by atoms with Gasteiger partial charge in [0.05, 0.1) is 0 Å². The fraction of sp³-hybridized carbons (Fsp3) is 0.500. The minimum atomic E-state index is 0.0712. The Morgan fingerprint density at radius 3 is 2.50 bits per heavy atom. The number of phenols is 1. The fourth-order valence-electron chi connectivity index (χ4n) is 1.57. The van der Waals surface area contributed by atoms with E-state index in [4.69, 9.17) is 5.11 Å². The number of hydrogen-bond donors (Lipinski definition) is 3. The molecule has 1 aromatic rings. The minimum absolute atomic E-state index is 0.0712. The summed E-state index contributed by atoms with van der Waals surface area (Å²) in [5, 5.41) is 15.2. The summed E-state index contributed by atoms with van der Waals surface area (Å²) in [4.78, 5) is 11.5. The molecule has 0 aromatic heterocycles. The second kappa shape index (κ2) is 7.71. The zero-order valence-corrected chi connectivity index (χ0v) is 11.1. The van der Waals surface area contributed by atoms with Crippen LogP contribution >= 0.6 is 0 Å². The Morgan fingerprint density at radius 1 is 1.22 bits per heavy atom. The molecule has 0 aliphatic carbocycles. The summed E-state index contributed by atoms with van der Waals surface area (Å²) in [6.07, 6.45) is 1.29. The van der Waals surface area contributed by atoms with Crippen molar-refractivity contribution in [3.63, 3.8) is 0 Å². The van der Waals surface area contributed by atoms with Gasteiger partial charge in [-0.2, -0.15) is 0 Å². The second-order valence-electron chi connectivity index (χ2n) is 4.63. The van der Waals surface area contributed by atoms with Gasteiger partial charge in [0.15, 0.2) is 0 Å². The Balaban J connectivity index is 2.13. The topological polar surface area (TPSA) is 61.4 Å². The van der Waals surface area contributed by atoms with Crippen molar-refractivity contribution in [2.45, 2.75) is 32.7 Å². The van der Waals surface area contributed by atoms with Gasteiger partial charge in [0, 0.05) is 25.6 Å². The molecule has 0 saturated heterocycles. The van der Waals surface area contributed by atoms with Gasteiger partial charge < -0.3 is 15.7 Å². The largest absolute Gasteiger partial charge is 0.508 e. The Morgan fingerprint density at radius 2 is 1.89 bits per heavy atom. The van der Waals surface area contributed by atoms with Gasteiger partial charge in [-0.3, -0.25) is 4.79 Å². The number of benzene rings is 1. The lowest BCUT2D eigenvalue weighted by Gasteiger charge is -2.08. The summed E-state index contributed by atoms with van der Waals surface area (Å²) in [5.41, 5.74) is 1.11. The fourth-order valence-corrected chi connectivity index (χ4v) is 1.57. The van der Waals surface area contributed by atoms with Crippen LogP contribution in [0.5, 0.6) is 5.75 Å². The summed E-state index contributed by atoms with van der Waals surface area (Å²) in [5.74, 6) is 0.337. The van der Waals surface area contributed by atoms with E-state index in [1.165, 1.54) is 0 Å². The molecule has 1 aromatic carbocycles. The second-order valence-corrected chi connectivity index (χ2v) is 4.63. The molecule has 18 heavy (non-hydrogen) atoms. The Bertz CT molecular complexity index is 361. The molecule has 0 atom stereocenters. The third-order valence-electron chi connectivity index (χ3n) is 2.58. The van der Waals surface area contributed by atoms with E-state index in [1.54, 1.807) is 12.1 Å². The molecule has 0 radical (unpaired) electrons. The molecule has 0 bridgehead atoms. The quantitative estimate of drug-likeness (QED) is 0.686. The predicted molar refractivity (Wildman–Crippen MR) is 72.6 cm³/mol. The SMILES string of the molecule is CC(C)NCCC(=O)NCCc1ccc(O)cc1. The average Bonchev–Trinajstić information content (AvgIpc) is 2.31. The van der Waals surface area contributed by atoms with E-state index in [9.17, 15) is 4.79 Å². The highest BCUT2D eigenvalue weighted by Crippen LogP contribution is 2.09. The molecule has 4 heteroatoms. The van der Waals surface area contributed by atoms with E-state index in [-0.39, 0.29) is 11.7 Å². The number of nitrogens with one attached hydrogen (secondary N) is 2. The lowest BCUT2D eigenvalue weighted by atomic mass is 10.1. The molecule has 0 aliphatic heterocycles. The van der Waals surface area contributed by atoms with Crippen LogP contribution in [0, 0.1) is 0 Å². The van der Waals surface area contributed by atoms with E-state index in [0.29, 0.717) is 25.6 Å². The summed E-state index contributed by atoms with van der Waals surface area (Å²) < 4.78 is 0. The molecule has 0 unspecified atom stereocenters. The third-order valence-corrected chi connectivity index (χ3v) is 2.58. The lowest BCUT2D eigenvalue weighted by Crippen LogP contribution is -2.31. The van der Waals surface area contributed by atoms with Crippen molar-refractivity contribution in [2.24, 2.45) is 0 Å². The van der Waals surface area contributed by atoms with Crippen molar-refractivity contribution in [3.8, 4) is 5.75 Å². The number of carbonyl (C=O) groups is 1. The molecule has 0 saturated carbocycles. The number of aromatic hydroxyl groups is 1. The number of rotatable bonds is 7. The van der Waals surface area contributed by atoms with Crippen LogP contribution in [0.1, 0.15) is 25.8 Å². The van der Waals surface area contributed by atoms with Gasteiger partial charge in [-0.05, 0) is 24.1 Å². The molecule has 1 rings (SSSR count). The molecule has 3 N–H and O–H groups in total. The molecule has 1 amide bonds. The van der Waals surface area contributed by atoms with Crippen LogP contribution in [0.15, 0.2) is 24.3 Å². The summed E-state index contributed by atoms with van der Waals surface area (Å²) in [6, 6.07) is 7.45. The minimum Gasteiger partial charge on any atom is -0.508 e. The lowest BCUT2D eigenvalue weighted by molar-refractivity contribution is -0.120. The standard InChI is InChI=1S/C14H22N2O2/c1-11(2)15-10-8-14(18)16-9-7-12-3-5-13(17)6-4-12/h3-6,11,15,17H,7-10H2,1-2H3,(H,16,18). The summed E-state index contributed by atoms with van der Waals surface area (Å²) >= 11 is 0. The van der Waals surface area contributed by atoms with Crippen LogP contribution in [-0.4, -0.2) is 30.1 Å². The van der Waals surface area contributed by atoms with Crippen LogP contribution in [0.4, 0.5) is 0 Å². The van der Waals surface area contributed by atoms with Crippen molar-refractivity contribution in [1.82, 2.24) is 10.6 Å². The monoisotopic (exact) mass is 250 g/mol. The van der Waals surface area contributed by atoms with Crippen LogP contribution in [-0.2, 0) is 11.2 Å². The van der Waals surface area contributed by atoms with E-state index >= 15 is 0 Å². The maximum absolute atomic E-state index is 11.5. The van der Waals surface area contributed by atoms with Crippen LogP contribution in [0.3, 0.4) is 0 Å². The number of phenolic OH excluding ortho intramolecular Hbond substituents is 1. The molecule has 0 aliphatic rings. The molecule has 0 fully saturated rings. The molecule has 0 heterocycles. The van der Waals surface area contributed by atoms with Gasteiger partial charge in [0.2, 0.25) is 5.91 Å². The maximum Gasteiger partial charge on any atom is 0.221 e. The Labute approximate surface area is 108 Å². The Kier molecular flexibility index (Phi) is 6.22. The van der Waals surface area contributed by atoms with E-state index in [2.05, 4.69) is 24.5 Å². The first kappa shape index (κ1) is 14.5. The zero-order chi connectivity index (χ0) is 13.4. The van der Waals surface area contributed by atoms with Crippen molar-refractivity contribution >= 4 is 5.91 Å². The first-order valence-electron chi connectivity index (χ1n) is 6.36. The van der Waals surface area contributed by atoms with E-state index < -0.39 is 0 Å². The van der Waals surface area contributed by atoms with Crippen molar-refractivity contribution in [1.29, 1.82) is 0 Å². The number of carbonyl (C=O) groups excluding carboxylic acids is 1. The van der Waals surface area contributed by atoms with Gasteiger partial charge in [-0.15, -0.1) is 0 Å². The zero-order valence-electron chi connectivity index (χ0n) is 11.1. The first-order chi connectivity index (χ1) is 8.58. The molecule has 0 spiro atoms. The van der Waals surface area contributed by atoms with Crippen molar-refractivity contribution < 1.29 is 9.90 Å². The number of hydrogen-bond acceptors (Lipinski definition) is 3. The van der Waals surface area contributed by atoms with Crippen LogP contribution in [0.2, 0.25) is 0 Å². The highest BCUT2D eigenvalue weighted by molar-refractivity contribution is 5.76. The van der Waals surface area contributed by atoms with Crippen molar-refractivity contribution in [3.05, 3.63) is 29.8 Å². The predicted octanol–water partition coefficient (Wildman–Crippen LogP) is 1.44. The van der Waals surface area contributed by atoms with Gasteiger partial charge in [-0.1, -0.05) is 26.0 Å². The third kappa shape index (κ3) is 6.25. The van der Waals surface area contributed by atoms with E-state index in [1.807, 2.05) is 12.1 Å². The van der Waals surface area contributed by atoms with Gasteiger partial charge >= 0.3 is 0 Å². The Hall–Kier alpha value is -1.55. The van der Waals surface area contributed by atoms with Crippen molar-refractivity contribution in [2.75, 3.05) is 13.1 Å². The van der Waals surface area contributed by atoms with Crippen LogP contribution < -0.4 is 10.6 Å². The van der Waals surface area contributed by atoms with Gasteiger partial charge in [0.25, 0.3) is 0 Å². The normalized spacial score (nSPS) is 10.6. The highest BCUT2D eigenvalue weighted by Gasteiger charge is 2.01.